The quantitative estimate of drug-likeness (QED) is 0.774. The molecule has 1 amide bonds. The molecule has 5 nitrogen and oxygen atoms in total. The first-order valence-electron chi connectivity index (χ1n) is 8.29. The summed E-state index contributed by atoms with van der Waals surface area (Å²) >= 11 is 6.40. The molecule has 1 saturated heterocycles. The number of amides is 1. The standard InChI is InChI=1S/C19H19ClN2O3/c1-24-19(23)22-12-13-4-2-3-5-15(13)18-16(10-14(20)11-17(18)22)21-6-8-25-9-7-21/h2-5,10-11H,6-9,12H2,1H3. The van der Waals surface area contributed by atoms with Crippen LogP contribution in [0, 0.1) is 0 Å². The van der Waals surface area contributed by atoms with Crippen LogP contribution in [0.4, 0.5) is 16.2 Å². The Morgan fingerprint density at radius 1 is 1.16 bits per heavy atom. The zero-order valence-corrected chi connectivity index (χ0v) is 14.8. The number of fused-ring (bicyclic) bond motifs is 3. The summed E-state index contributed by atoms with van der Waals surface area (Å²) in [6.07, 6.45) is -0.383. The Labute approximate surface area is 151 Å². The molecule has 2 aromatic rings. The maximum absolute atomic E-state index is 12.4. The van der Waals surface area contributed by atoms with E-state index in [1.807, 2.05) is 30.3 Å². The van der Waals surface area contributed by atoms with Crippen LogP contribution in [0.15, 0.2) is 36.4 Å². The highest BCUT2D eigenvalue weighted by Crippen LogP contribution is 2.47. The van der Waals surface area contributed by atoms with Gasteiger partial charge in [-0.2, -0.15) is 0 Å². The monoisotopic (exact) mass is 358 g/mol. The van der Waals surface area contributed by atoms with Gasteiger partial charge in [0.25, 0.3) is 0 Å². The molecule has 6 heteroatoms. The first kappa shape index (κ1) is 16.2. The van der Waals surface area contributed by atoms with E-state index in [4.69, 9.17) is 21.1 Å². The number of benzene rings is 2. The molecular weight excluding hydrogens is 340 g/mol. The Morgan fingerprint density at radius 2 is 1.88 bits per heavy atom. The van der Waals surface area contributed by atoms with Crippen molar-refractivity contribution in [3.63, 3.8) is 0 Å². The van der Waals surface area contributed by atoms with Crippen molar-refractivity contribution >= 4 is 29.1 Å². The lowest BCUT2D eigenvalue weighted by molar-refractivity contribution is 0.122. The van der Waals surface area contributed by atoms with Gasteiger partial charge < -0.3 is 14.4 Å². The fourth-order valence-corrected chi connectivity index (χ4v) is 3.76. The Balaban J connectivity index is 1.94. The van der Waals surface area contributed by atoms with Gasteiger partial charge in [0.15, 0.2) is 0 Å². The predicted molar refractivity (Wildman–Crippen MR) is 98.5 cm³/mol. The number of morpholine rings is 1. The highest BCUT2D eigenvalue weighted by Gasteiger charge is 2.31. The first-order chi connectivity index (χ1) is 12.2. The van der Waals surface area contributed by atoms with Crippen molar-refractivity contribution in [1.29, 1.82) is 0 Å². The summed E-state index contributed by atoms with van der Waals surface area (Å²) in [7, 11) is 1.40. The van der Waals surface area contributed by atoms with Crippen LogP contribution in [0.5, 0.6) is 0 Å². The number of carbonyl (C=O) groups excluding carboxylic acids is 1. The smallest absolute Gasteiger partial charge is 0.414 e. The van der Waals surface area contributed by atoms with Crippen molar-refractivity contribution in [3.8, 4) is 11.1 Å². The van der Waals surface area contributed by atoms with Gasteiger partial charge in [0.05, 0.1) is 32.6 Å². The molecule has 2 aromatic carbocycles. The van der Waals surface area contributed by atoms with Crippen molar-refractivity contribution in [1.82, 2.24) is 0 Å². The average Bonchev–Trinajstić information content (AvgIpc) is 2.66. The molecule has 0 radical (unpaired) electrons. The van der Waals surface area contributed by atoms with Gasteiger partial charge in [-0.15, -0.1) is 0 Å². The summed E-state index contributed by atoms with van der Waals surface area (Å²) in [5.41, 5.74) is 5.08. The minimum Gasteiger partial charge on any atom is -0.452 e. The molecule has 2 aliphatic heterocycles. The van der Waals surface area contributed by atoms with Crippen LogP contribution in [0.2, 0.25) is 5.02 Å². The molecule has 0 N–H and O–H groups in total. The molecule has 4 rings (SSSR count). The molecule has 1 fully saturated rings. The molecule has 25 heavy (non-hydrogen) atoms. The Bertz CT molecular complexity index is 818. The van der Waals surface area contributed by atoms with E-state index < -0.39 is 0 Å². The minimum atomic E-state index is -0.383. The largest absolute Gasteiger partial charge is 0.452 e. The van der Waals surface area contributed by atoms with Gasteiger partial charge in [0.1, 0.15) is 0 Å². The topological polar surface area (TPSA) is 42.0 Å². The SMILES string of the molecule is COC(=O)N1Cc2ccccc2-c2c(N3CCOCC3)cc(Cl)cc21. The number of rotatable bonds is 1. The maximum Gasteiger partial charge on any atom is 0.414 e. The van der Waals surface area contributed by atoms with Gasteiger partial charge >= 0.3 is 6.09 Å². The second kappa shape index (κ2) is 6.58. The Hall–Kier alpha value is -2.24. The zero-order valence-electron chi connectivity index (χ0n) is 14.0. The van der Waals surface area contributed by atoms with Gasteiger partial charge in [0.2, 0.25) is 0 Å². The minimum absolute atomic E-state index is 0.383. The van der Waals surface area contributed by atoms with E-state index in [1.165, 1.54) is 7.11 Å². The van der Waals surface area contributed by atoms with Crippen LogP contribution in [0.1, 0.15) is 5.56 Å². The molecule has 2 aliphatic rings. The second-order valence-electron chi connectivity index (χ2n) is 6.13. The van der Waals surface area contributed by atoms with Crippen molar-refractivity contribution in [2.24, 2.45) is 0 Å². The van der Waals surface area contributed by atoms with Crippen LogP contribution >= 0.6 is 11.6 Å². The van der Waals surface area contributed by atoms with Gasteiger partial charge in [-0.1, -0.05) is 35.9 Å². The van der Waals surface area contributed by atoms with E-state index in [9.17, 15) is 4.79 Å². The number of halogens is 1. The summed E-state index contributed by atoms with van der Waals surface area (Å²) in [6.45, 7) is 3.44. The summed E-state index contributed by atoms with van der Waals surface area (Å²) in [4.78, 5) is 16.3. The number of hydrogen-bond acceptors (Lipinski definition) is 4. The highest BCUT2D eigenvalue weighted by molar-refractivity contribution is 6.31. The van der Waals surface area contributed by atoms with Crippen LogP contribution in [0.3, 0.4) is 0 Å². The molecular formula is C19H19ClN2O3. The lowest BCUT2D eigenvalue weighted by Gasteiger charge is -2.36. The Kier molecular flexibility index (Phi) is 4.27. The van der Waals surface area contributed by atoms with Crippen molar-refractivity contribution < 1.29 is 14.3 Å². The Morgan fingerprint density at radius 3 is 2.64 bits per heavy atom. The van der Waals surface area contributed by atoms with Crippen molar-refractivity contribution in [3.05, 3.63) is 47.0 Å². The third-order valence-electron chi connectivity index (χ3n) is 4.71. The summed E-state index contributed by atoms with van der Waals surface area (Å²) in [5.74, 6) is 0. The van der Waals surface area contributed by atoms with E-state index in [0.717, 1.165) is 41.2 Å². The lowest BCUT2D eigenvalue weighted by Crippen LogP contribution is -2.38. The van der Waals surface area contributed by atoms with E-state index in [0.29, 0.717) is 24.8 Å². The zero-order chi connectivity index (χ0) is 17.4. The number of nitrogens with zero attached hydrogens (tertiary/aromatic N) is 2. The third-order valence-corrected chi connectivity index (χ3v) is 4.93. The van der Waals surface area contributed by atoms with E-state index in [2.05, 4.69) is 11.0 Å². The highest BCUT2D eigenvalue weighted by atomic mass is 35.5. The molecule has 0 aromatic heterocycles. The third kappa shape index (κ3) is 2.83. The number of anilines is 2. The van der Waals surface area contributed by atoms with E-state index in [-0.39, 0.29) is 6.09 Å². The predicted octanol–water partition coefficient (Wildman–Crippen LogP) is 3.93. The number of hydrogen-bond donors (Lipinski definition) is 0. The van der Waals surface area contributed by atoms with Crippen LogP contribution < -0.4 is 9.80 Å². The molecule has 0 spiro atoms. The molecule has 130 valence electrons. The first-order valence-corrected chi connectivity index (χ1v) is 8.67. The fraction of sp³-hybridized carbons (Fsp3) is 0.316. The molecule has 0 unspecified atom stereocenters. The van der Waals surface area contributed by atoms with Gasteiger partial charge in [0, 0.05) is 29.4 Å². The maximum atomic E-state index is 12.4. The van der Waals surface area contributed by atoms with Crippen LogP contribution in [0.25, 0.3) is 11.1 Å². The van der Waals surface area contributed by atoms with Crippen molar-refractivity contribution in [2.45, 2.75) is 6.54 Å². The normalized spacial score (nSPS) is 16.2. The molecule has 2 heterocycles. The van der Waals surface area contributed by atoms with E-state index >= 15 is 0 Å². The van der Waals surface area contributed by atoms with Gasteiger partial charge in [-0.25, -0.2) is 4.79 Å². The molecule has 0 saturated carbocycles. The van der Waals surface area contributed by atoms with Gasteiger partial charge in [-0.3, -0.25) is 4.90 Å². The molecule has 0 bridgehead atoms. The number of ether oxygens (including phenoxy) is 2. The fourth-order valence-electron chi connectivity index (χ4n) is 3.55. The van der Waals surface area contributed by atoms with E-state index in [1.54, 1.807) is 4.90 Å². The summed E-state index contributed by atoms with van der Waals surface area (Å²) in [5, 5.41) is 0.605. The van der Waals surface area contributed by atoms with Crippen molar-refractivity contribution in [2.75, 3.05) is 43.2 Å². The average molecular weight is 359 g/mol. The lowest BCUT2D eigenvalue weighted by atomic mass is 9.91. The van der Waals surface area contributed by atoms with Gasteiger partial charge in [-0.05, 0) is 23.3 Å². The second-order valence-corrected chi connectivity index (χ2v) is 6.57. The molecule has 0 aliphatic carbocycles. The van der Waals surface area contributed by atoms with Crippen LogP contribution in [-0.4, -0.2) is 39.5 Å². The van der Waals surface area contributed by atoms with Crippen LogP contribution in [-0.2, 0) is 16.0 Å². The molecule has 0 atom stereocenters. The number of carbonyl (C=O) groups is 1. The summed E-state index contributed by atoms with van der Waals surface area (Å²) in [6, 6.07) is 12.0. The number of methoxy groups -OCH3 is 1. The summed E-state index contributed by atoms with van der Waals surface area (Å²) < 4.78 is 10.5.